The highest BCUT2D eigenvalue weighted by molar-refractivity contribution is 7.15. The van der Waals surface area contributed by atoms with Gasteiger partial charge < -0.3 is 5.32 Å². The van der Waals surface area contributed by atoms with E-state index in [1.54, 1.807) is 22.7 Å². The molecule has 20 heavy (non-hydrogen) atoms. The Balaban J connectivity index is 1.87. The van der Waals surface area contributed by atoms with Gasteiger partial charge in [0.2, 0.25) is 0 Å². The minimum atomic E-state index is 0.232. The summed E-state index contributed by atoms with van der Waals surface area (Å²) in [5, 5.41) is 8.58. The van der Waals surface area contributed by atoms with E-state index in [4.69, 9.17) is 11.6 Å². The van der Waals surface area contributed by atoms with E-state index in [-0.39, 0.29) is 6.04 Å². The van der Waals surface area contributed by atoms with E-state index in [0.29, 0.717) is 0 Å². The molecular weight excluding hydrogens is 310 g/mol. The lowest BCUT2D eigenvalue weighted by molar-refractivity contribution is 0.553. The molecule has 3 heterocycles. The van der Waals surface area contributed by atoms with Crippen LogP contribution in [0.3, 0.4) is 0 Å². The zero-order valence-electron chi connectivity index (χ0n) is 11.4. The Morgan fingerprint density at radius 3 is 2.95 bits per heavy atom. The van der Waals surface area contributed by atoms with Crippen LogP contribution in [0.4, 0.5) is 0 Å². The number of aryl methyl sites for hydroxylation is 1. The Morgan fingerprint density at radius 1 is 1.45 bits per heavy atom. The van der Waals surface area contributed by atoms with Crippen LogP contribution in [-0.4, -0.2) is 15.9 Å². The first kappa shape index (κ1) is 14.1. The first-order valence-corrected chi connectivity index (χ1v) is 8.70. The van der Waals surface area contributed by atoms with Gasteiger partial charge in [-0.05, 0) is 24.4 Å². The lowest BCUT2D eigenvalue weighted by Crippen LogP contribution is -2.22. The van der Waals surface area contributed by atoms with Crippen molar-refractivity contribution in [1.29, 1.82) is 0 Å². The normalized spacial score (nSPS) is 13.2. The number of hydrogen-bond donors (Lipinski definition) is 1. The van der Waals surface area contributed by atoms with E-state index >= 15 is 0 Å². The summed E-state index contributed by atoms with van der Waals surface area (Å²) in [5.41, 5.74) is 2.25. The highest BCUT2D eigenvalue weighted by Gasteiger charge is 2.19. The van der Waals surface area contributed by atoms with Gasteiger partial charge in [0.1, 0.15) is 0 Å². The maximum absolute atomic E-state index is 6.41. The highest BCUT2D eigenvalue weighted by atomic mass is 35.5. The number of fused-ring (bicyclic) bond motifs is 1. The van der Waals surface area contributed by atoms with E-state index in [1.165, 1.54) is 4.88 Å². The zero-order valence-corrected chi connectivity index (χ0v) is 13.8. The zero-order chi connectivity index (χ0) is 14.1. The van der Waals surface area contributed by atoms with Crippen LogP contribution < -0.4 is 5.32 Å². The van der Waals surface area contributed by atoms with Gasteiger partial charge in [-0.1, -0.05) is 18.5 Å². The number of likely N-dealkylation sites (N-methyl/N-ethyl adjacent to an activating group) is 1. The number of hydrogen-bond acceptors (Lipinski definition) is 4. The topological polar surface area (TPSA) is 29.3 Å². The predicted molar refractivity (Wildman–Crippen MR) is 87.3 cm³/mol. The fourth-order valence-corrected chi connectivity index (χ4v) is 4.39. The van der Waals surface area contributed by atoms with Gasteiger partial charge >= 0.3 is 0 Å². The number of halogens is 1. The summed E-state index contributed by atoms with van der Waals surface area (Å²) in [5.74, 6) is 0. The van der Waals surface area contributed by atoms with Crippen LogP contribution in [0.2, 0.25) is 5.02 Å². The molecule has 0 aliphatic heterocycles. The van der Waals surface area contributed by atoms with E-state index in [0.717, 1.165) is 34.2 Å². The maximum Gasteiger partial charge on any atom is 0.193 e. The first-order chi connectivity index (χ1) is 9.69. The van der Waals surface area contributed by atoms with Crippen molar-refractivity contribution in [2.75, 3.05) is 6.54 Å². The number of nitrogens with one attached hydrogen (secondary N) is 1. The largest absolute Gasteiger partial charge is 0.309 e. The van der Waals surface area contributed by atoms with Crippen LogP contribution in [0.15, 0.2) is 23.2 Å². The number of imidazole rings is 1. The molecule has 0 aliphatic rings. The predicted octanol–water partition coefficient (Wildman–Crippen LogP) is 4.31. The van der Waals surface area contributed by atoms with Crippen molar-refractivity contribution in [3.8, 4) is 0 Å². The molecule has 0 fully saturated rings. The minimum Gasteiger partial charge on any atom is -0.309 e. The molecule has 0 aromatic carbocycles. The summed E-state index contributed by atoms with van der Waals surface area (Å²) in [4.78, 5) is 6.92. The average Bonchev–Trinajstić information content (AvgIpc) is 3.06. The lowest BCUT2D eigenvalue weighted by Gasteiger charge is -2.16. The second-order valence-corrected chi connectivity index (χ2v) is 6.90. The number of aromatic nitrogens is 2. The summed E-state index contributed by atoms with van der Waals surface area (Å²) in [7, 11) is 0. The van der Waals surface area contributed by atoms with Crippen molar-refractivity contribution in [2.45, 2.75) is 26.3 Å². The lowest BCUT2D eigenvalue weighted by atomic mass is 10.1. The molecule has 1 atom stereocenters. The second kappa shape index (κ2) is 5.85. The molecule has 6 heteroatoms. The van der Waals surface area contributed by atoms with Gasteiger partial charge in [0.25, 0.3) is 0 Å². The van der Waals surface area contributed by atoms with Gasteiger partial charge in [0.05, 0.1) is 10.7 Å². The van der Waals surface area contributed by atoms with Crippen LogP contribution in [0, 0.1) is 6.92 Å². The molecule has 0 amide bonds. The molecular formula is C14H16ClN3S2. The number of rotatable bonds is 5. The third kappa shape index (κ3) is 2.63. The van der Waals surface area contributed by atoms with E-state index < -0.39 is 0 Å². The maximum atomic E-state index is 6.41. The van der Waals surface area contributed by atoms with Crippen molar-refractivity contribution in [2.24, 2.45) is 0 Å². The molecule has 3 aromatic rings. The van der Waals surface area contributed by atoms with Gasteiger partial charge in [-0.15, -0.1) is 22.7 Å². The molecule has 0 aliphatic carbocycles. The summed E-state index contributed by atoms with van der Waals surface area (Å²) in [6.07, 6.45) is 5.01. The molecule has 1 unspecified atom stereocenters. The molecule has 0 spiro atoms. The minimum absolute atomic E-state index is 0.232. The fraction of sp³-hybridized carbons (Fsp3) is 0.357. The van der Waals surface area contributed by atoms with Crippen LogP contribution >= 0.6 is 34.3 Å². The number of thiazole rings is 1. The van der Waals surface area contributed by atoms with Crippen molar-refractivity contribution in [3.63, 3.8) is 0 Å². The number of thiophene rings is 1. The van der Waals surface area contributed by atoms with Gasteiger partial charge in [-0.2, -0.15) is 0 Å². The third-order valence-corrected chi connectivity index (χ3v) is 5.85. The molecule has 0 radical (unpaired) electrons. The smallest absolute Gasteiger partial charge is 0.193 e. The first-order valence-electron chi connectivity index (χ1n) is 6.57. The molecule has 0 bridgehead atoms. The van der Waals surface area contributed by atoms with Crippen molar-refractivity contribution >= 4 is 39.2 Å². The SMILES string of the molecule is CCNC(Cc1cn2ccsc2n1)c1scc(C)c1Cl. The number of nitrogens with zero attached hydrogens (tertiary/aromatic N) is 2. The third-order valence-electron chi connectivity index (χ3n) is 3.25. The Labute approximate surface area is 131 Å². The van der Waals surface area contributed by atoms with Gasteiger partial charge in [-0.3, -0.25) is 4.40 Å². The summed E-state index contributed by atoms with van der Waals surface area (Å²) in [6.45, 7) is 5.09. The summed E-state index contributed by atoms with van der Waals surface area (Å²) in [6, 6.07) is 0.232. The monoisotopic (exact) mass is 325 g/mol. The standard InChI is InChI=1S/C14H16ClN3S2/c1-3-16-11(13-12(15)9(2)8-20-13)6-10-7-18-4-5-19-14(18)17-10/h4-5,7-8,11,16H,3,6H2,1-2H3. The van der Waals surface area contributed by atoms with Crippen LogP contribution in [0.25, 0.3) is 4.96 Å². The molecule has 3 rings (SSSR count). The molecule has 1 N–H and O–H groups in total. The molecule has 3 aromatic heterocycles. The van der Waals surface area contributed by atoms with Crippen molar-refractivity contribution < 1.29 is 0 Å². The van der Waals surface area contributed by atoms with Crippen LogP contribution in [-0.2, 0) is 6.42 Å². The Kier molecular flexibility index (Phi) is 4.12. The Morgan fingerprint density at radius 2 is 2.30 bits per heavy atom. The van der Waals surface area contributed by atoms with Gasteiger partial charge in [-0.25, -0.2) is 4.98 Å². The Bertz CT molecular complexity index is 684. The summed E-state index contributed by atoms with van der Waals surface area (Å²) < 4.78 is 2.07. The summed E-state index contributed by atoms with van der Waals surface area (Å²) >= 11 is 9.80. The van der Waals surface area contributed by atoms with Crippen molar-refractivity contribution in [3.05, 3.63) is 44.3 Å². The second-order valence-electron chi connectivity index (χ2n) is 4.74. The molecule has 3 nitrogen and oxygen atoms in total. The molecule has 0 saturated carbocycles. The fourth-order valence-electron chi connectivity index (χ4n) is 2.27. The average molecular weight is 326 g/mol. The van der Waals surface area contributed by atoms with Gasteiger partial charge in [0, 0.05) is 35.1 Å². The van der Waals surface area contributed by atoms with E-state index in [2.05, 4.69) is 40.1 Å². The quantitative estimate of drug-likeness (QED) is 0.757. The molecule has 0 saturated heterocycles. The van der Waals surface area contributed by atoms with E-state index in [1.807, 2.05) is 11.6 Å². The van der Waals surface area contributed by atoms with Gasteiger partial charge in [0.15, 0.2) is 4.96 Å². The highest BCUT2D eigenvalue weighted by Crippen LogP contribution is 2.34. The van der Waals surface area contributed by atoms with Crippen LogP contribution in [0.1, 0.15) is 29.1 Å². The van der Waals surface area contributed by atoms with E-state index in [9.17, 15) is 0 Å². The van der Waals surface area contributed by atoms with Crippen molar-refractivity contribution in [1.82, 2.24) is 14.7 Å². The Hall–Kier alpha value is -0.880. The molecule has 106 valence electrons. The van der Waals surface area contributed by atoms with Crippen LogP contribution in [0.5, 0.6) is 0 Å².